The molecule has 86 valence electrons. The predicted molar refractivity (Wildman–Crippen MR) is 64.4 cm³/mol. The van der Waals surface area contributed by atoms with Crippen molar-refractivity contribution in [2.24, 2.45) is 5.73 Å². The molecule has 1 rings (SSSR count). The zero-order chi connectivity index (χ0) is 12.0. The fourth-order valence-corrected chi connectivity index (χ4v) is 1.27. The maximum atomic E-state index is 10.8. The Kier molecular flexibility index (Phi) is 4.72. The molecule has 2 N–H and O–H groups in total. The minimum absolute atomic E-state index is 0.0921. The number of benzene rings is 1. The zero-order valence-corrected chi connectivity index (χ0v) is 9.75. The molecule has 0 aliphatic carbocycles. The smallest absolute Gasteiger partial charge is 0.343 e. The molecule has 0 bridgehead atoms. The van der Waals surface area contributed by atoms with Gasteiger partial charge in [0.25, 0.3) is 0 Å². The molecule has 0 saturated carbocycles. The molecule has 0 heterocycles. The molecule has 0 spiro atoms. The molecule has 5 heteroatoms. The average molecular weight is 239 g/mol. The van der Waals surface area contributed by atoms with E-state index >= 15 is 0 Å². The number of thiocarbonyl (C=S) groups is 1. The van der Waals surface area contributed by atoms with E-state index in [2.05, 4.69) is 4.74 Å². The number of esters is 1. The van der Waals surface area contributed by atoms with Gasteiger partial charge in [0.15, 0.2) is 6.61 Å². The van der Waals surface area contributed by atoms with E-state index in [0.29, 0.717) is 17.2 Å². The standard InChI is InChI=1S/C11H13NO3S/c1-14-11(13)7-15-9-4-2-8(3-5-9)6-10(12)16/h2-5H,6-7H2,1H3,(H2,12,16). The number of rotatable bonds is 5. The molecule has 0 radical (unpaired) electrons. The van der Waals surface area contributed by atoms with Crippen molar-refractivity contribution in [1.82, 2.24) is 0 Å². The average Bonchev–Trinajstić information content (AvgIpc) is 2.27. The topological polar surface area (TPSA) is 61.5 Å². The Hall–Kier alpha value is -1.62. The van der Waals surface area contributed by atoms with Gasteiger partial charge in [-0.2, -0.15) is 0 Å². The van der Waals surface area contributed by atoms with E-state index in [9.17, 15) is 4.79 Å². The lowest BCUT2D eigenvalue weighted by atomic mass is 10.1. The summed E-state index contributed by atoms with van der Waals surface area (Å²) in [7, 11) is 1.32. The maximum absolute atomic E-state index is 10.8. The van der Waals surface area contributed by atoms with Gasteiger partial charge in [-0.25, -0.2) is 4.79 Å². The molecule has 0 aliphatic rings. The molecular weight excluding hydrogens is 226 g/mol. The number of ether oxygens (including phenoxy) is 2. The summed E-state index contributed by atoms with van der Waals surface area (Å²) in [4.78, 5) is 11.3. The van der Waals surface area contributed by atoms with Crippen LogP contribution in [0.25, 0.3) is 0 Å². The SMILES string of the molecule is COC(=O)COc1ccc(CC(N)=S)cc1. The second-order valence-electron chi connectivity index (χ2n) is 3.15. The van der Waals surface area contributed by atoms with Crippen LogP contribution in [0.4, 0.5) is 0 Å². The van der Waals surface area contributed by atoms with Gasteiger partial charge in [-0.1, -0.05) is 24.4 Å². The van der Waals surface area contributed by atoms with Gasteiger partial charge in [-0.3, -0.25) is 0 Å². The van der Waals surface area contributed by atoms with Gasteiger partial charge in [0.2, 0.25) is 0 Å². The summed E-state index contributed by atoms with van der Waals surface area (Å²) < 4.78 is 9.63. The lowest BCUT2D eigenvalue weighted by Crippen LogP contribution is -2.13. The van der Waals surface area contributed by atoms with Crippen LogP contribution in [-0.4, -0.2) is 24.7 Å². The fraction of sp³-hybridized carbons (Fsp3) is 0.273. The number of nitrogens with two attached hydrogens (primary N) is 1. The lowest BCUT2D eigenvalue weighted by Gasteiger charge is -2.05. The van der Waals surface area contributed by atoms with Crippen molar-refractivity contribution >= 4 is 23.2 Å². The lowest BCUT2D eigenvalue weighted by molar-refractivity contribution is -0.142. The Morgan fingerprint density at radius 3 is 2.50 bits per heavy atom. The summed E-state index contributed by atoms with van der Waals surface area (Å²) in [5, 5.41) is 0. The van der Waals surface area contributed by atoms with Gasteiger partial charge >= 0.3 is 5.97 Å². The first-order valence-electron chi connectivity index (χ1n) is 4.68. The molecule has 0 aliphatic heterocycles. The number of carbonyl (C=O) groups excluding carboxylic acids is 1. The van der Waals surface area contributed by atoms with E-state index in [-0.39, 0.29) is 6.61 Å². The Bertz CT molecular complexity index is 375. The van der Waals surface area contributed by atoms with Gasteiger partial charge in [0.05, 0.1) is 12.1 Å². The summed E-state index contributed by atoms with van der Waals surface area (Å²) >= 11 is 4.80. The molecular formula is C11H13NO3S. The highest BCUT2D eigenvalue weighted by atomic mass is 32.1. The molecule has 1 aromatic rings. The summed E-state index contributed by atoms with van der Waals surface area (Å²) in [6.45, 7) is -0.0921. The second-order valence-corrected chi connectivity index (χ2v) is 3.68. The summed E-state index contributed by atoms with van der Waals surface area (Å²) in [6, 6.07) is 7.23. The van der Waals surface area contributed by atoms with Gasteiger partial charge in [-0.05, 0) is 17.7 Å². The maximum Gasteiger partial charge on any atom is 0.343 e. The van der Waals surface area contributed by atoms with E-state index in [1.807, 2.05) is 12.1 Å². The quantitative estimate of drug-likeness (QED) is 0.615. The largest absolute Gasteiger partial charge is 0.482 e. The van der Waals surface area contributed by atoms with Gasteiger partial charge in [0.1, 0.15) is 5.75 Å². The highest BCUT2D eigenvalue weighted by Gasteiger charge is 2.01. The van der Waals surface area contributed by atoms with E-state index < -0.39 is 5.97 Å². The van der Waals surface area contributed by atoms with Crippen molar-refractivity contribution in [3.05, 3.63) is 29.8 Å². The highest BCUT2D eigenvalue weighted by Crippen LogP contribution is 2.12. The molecule has 0 fully saturated rings. The fourth-order valence-electron chi connectivity index (χ4n) is 1.11. The van der Waals surface area contributed by atoms with Crippen LogP contribution in [0.15, 0.2) is 24.3 Å². The summed E-state index contributed by atoms with van der Waals surface area (Å²) in [5.41, 5.74) is 6.43. The molecule has 16 heavy (non-hydrogen) atoms. The summed E-state index contributed by atoms with van der Waals surface area (Å²) in [5.74, 6) is 0.198. The second kappa shape index (κ2) is 6.07. The number of carbonyl (C=O) groups is 1. The number of hydrogen-bond acceptors (Lipinski definition) is 4. The third-order valence-corrected chi connectivity index (χ3v) is 2.03. The normalized spacial score (nSPS) is 9.56. The monoisotopic (exact) mass is 239 g/mol. The molecule has 0 amide bonds. The Labute approximate surface area is 99.3 Å². The third-order valence-electron chi connectivity index (χ3n) is 1.89. The minimum atomic E-state index is -0.410. The van der Waals surface area contributed by atoms with Crippen LogP contribution in [0.3, 0.4) is 0 Å². The minimum Gasteiger partial charge on any atom is -0.482 e. The van der Waals surface area contributed by atoms with E-state index in [1.165, 1.54) is 7.11 Å². The van der Waals surface area contributed by atoms with Crippen molar-refractivity contribution in [3.8, 4) is 5.75 Å². The van der Waals surface area contributed by atoms with Crippen molar-refractivity contribution in [2.45, 2.75) is 6.42 Å². The first-order valence-corrected chi connectivity index (χ1v) is 5.09. The Balaban J connectivity index is 2.51. The third kappa shape index (κ3) is 4.27. The van der Waals surface area contributed by atoms with E-state index in [1.54, 1.807) is 12.1 Å². The van der Waals surface area contributed by atoms with Gasteiger partial charge in [-0.15, -0.1) is 0 Å². The Morgan fingerprint density at radius 2 is 2.00 bits per heavy atom. The van der Waals surface area contributed by atoms with E-state index in [4.69, 9.17) is 22.7 Å². The van der Waals surface area contributed by atoms with Crippen molar-refractivity contribution < 1.29 is 14.3 Å². The van der Waals surface area contributed by atoms with Crippen LogP contribution < -0.4 is 10.5 Å². The predicted octanol–water partition coefficient (Wildman–Crippen LogP) is 1.07. The molecule has 0 atom stereocenters. The van der Waals surface area contributed by atoms with Gasteiger partial charge in [0, 0.05) is 6.42 Å². The summed E-state index contributed by atoms with van der Waals surface area (Å²) in [6.07, 6.45) is 0.562. The Morgan fingerprint density at radius 1 is 1.38 bits per heavy atom. The van der Waals surface area contributed by atoms with Crippen molar-refractivity contribution in [2.75, 3.05) is 13.7 Å². The molecule has 0 saturated heterocycles. The van der Waals surface area contributed by atoms with Crippen molar-refractivity contribution in [1.29, 1.82) is 0 Å². The van der Waals surface area contributed by atoms with Crippen LogP contribution >= 0.6 is 12.2 Å². The van der Waals surface area contributed by atoms with Crippen LogP contribution in [0.5, 0.6) is 5.75 Å². The first kappa shape index (κ1) is 12.4. The zero-order valence-electron chi connectivity index (χ0n) is 8.93. The van der Waals surface area contributed by atoms with Crippen LogP contribution in [0.2, 0.25) is 0 Å². The highest BCUT2D eigenvalue weighted by molar-refractivity contribution is 7.80. The first-order chi connectivity index (χ1) is 7.61. The van der Waals surface area contributed by atoms with Crippen LogP contribution in [0, 0.1) is 0 Å². The molecule has 0 unspecified atom stereocenters. The van der Waals surface area contributed by atoms with Crippen LogP contribution in [-0.2, 0) is 16.0 Å². The van der Waals surface area contributed by atoms with Gasteiger partial charge < -0.3 is 15.2 Å². The molecule has 1 aromatic carbocycles. The van der Waals surface area contributed by atoms with Crippen molar-refractivity contribution in [3.63, 3.8) is 0 Å². The number of hydrogen-bond donors (Lipinski definition) is 1. The van der Waals surface area contributed by atoms with Crippen LogP contribution in [0.1, 0.15) is 5.56 Å². The molecule has 4 nitrogen and oxygen atoms in total. The molecule has 0 aromatic heterocycles. The number of methoxy groups -OCH3 is 1. The van der Waals surface area contributed by atoms with E-state index in [0.717, 1.165) is 5.56 Å².